The van der Waals surface area contributed by atoms with Crippen LogP contribution in [0.4, 0.5) is 0 Å². The number of rotatable bonds is 6. The van der Waals surface area contributed by atoms with Gasteiger partial charge in [0.25, 0.3) is 11.8 Å². The molecule has 1 fully saturated rings. The van der Waals surface area contributed by atoms with Gasteiger partial charge in [0.15, 0.2) is 0 Å². The molecule has 1 aliphatic rings. The standard InChI is InChI=1S/C25H28N4O3/c1-3-23-22(17-26-29(23)18-19-7-5-4-6-8-19)25(31)28-15-13-27(14-16-28)24(30)20-9-11-21(32-2)12-10-20/h4-12,17H,3,13-16,18H2,1-2H3. The smallest absolute Gasteiger partial charge is 0.257 e. The molecule has 4 rings (SSSR count). The molecule has 0 atom stereocenters. The predicted molar refractivity (Wildman–Crippen MR) is 122 cm³/mol. The van der Waals surface area contributed by atoms with Gasteiger partial charge in [0.05, 0.1) is 31.1 Å². The number of aromatic nitrogens is 2. The maximum absolute atomic E-state index is 13.2. The molecule has 2 amide bonds. The van der Waals surface area contributed by atoms with Gasteiger partial charge in [0.2, 0.25) is 0 Å². The second-order valence-electron chi connectivity index (χ2n) is 7.81. The summed E-state index contributed by atoms with van der Waals surface area (Å²) in [5, 5.41) is 4.49. The largest absolute Gasteiger partial charge is 0.497 e. The number of amides is 2. The number of ether oxygens (including phenoxy) is 1. The SMILES string of the molecule is CCc1c(C(=O)N2CCN(C(=O)c3ccc(OC)cc3)CC2)cnn1Cc1ccccc1. The van der Waals surface area contributed by atoms with E-state index in [1.807, 2.05) is 34.7 Å². The van der Waals surface area contributed by atoms with E-state index in [0.29, 0.717) is 43.9 Å². The van der Waals surface area contributed by atoms with Crippen LogP contribution >= 0.6 is 0 Å². The molecule has 0 spiro atoms. The second-order valence-corrected chi connectivity index (χ2v) is 7.81. The van der Waals surface area contributed by atoms with E-state index in [0.717, 1.165) is 23.4 Å². The van der Waals surface area contributed by atoms with Crippen molar-refractivity contribution in [3.8, 4) is 5.75 Å². The third-order valence-corrected chi connectivity index (χ3v) is 5.88. The molecule has 0 radical (unpaired) electrons. The van der Waals surface area contributed by atoms with Crippen LogP contribution in [-0.2, 0) is 13.0 Å². The summed E-state index contributed by atoms with van der Waals surface area (Å²) >= 11 is 0. The van der Waals surface area contributed by atoms with E-state index in [9.17, 15) is 9.59 Å². The van der Waals surface area contributed by atoms with Gasteiger partial charge in [0, 0.05) is 31.7 Å². The number of methoxy groups -OCH3 is 1. The molecule has 1 saturated heterocycles. The van der Waals surface area contributed by atoms with Gasteiger partial charge in [-0.2, -0.15) is 5.10 Å². The van der Waals surface area contributed by atoms with Crippen LogP contribution in [0, 0.1) is 0 Å². The van der Waals surface area contributed by atoms with Crippen molar-refractivity contribution in [3.05, 3.63) is 83.2 Å². The fraction of sp³-hybridized carbons (Fsp3) is 0.320. The summed E-state index contributed by atoms with van der Waals surface area (Å²) in [6.45, 7) is 4.72. The van der Waals surface area contributed by atoms with Crippen molar-refractivity contribution in [1.29, 1.82) is 0 Å². The lowest BCUT2D eigenvalue weighted by Crippen LogP contribution is -2.50. The van der Waals surface area contributed by atoms with Gasteiger partial charge in [-0.3, -0.25) is 14.3 Å². The van der Waals surface area contributed by atoms with Crippen LogP contribution in [0.25, 0.3) is 0 Å². The molecule has 0 N–H and O–H groups in total. The summed E-state index contributed by atoms with van der Waals surface area (Å²) < 4.78 is 7.06. The third-order valence-electron chi connectivity index (χ3n) is 5.88. The molecule has 0 aliphatic carbocycles. The first-order valence-corrected chi connectivity index (χ1v) is 10.9. The third kappa shape index (κ3) is 4.51. The summed E-state index contributed by atoms with van der Waals surface area (Å²) in [7, 11) is 1.60. The predicted octanol–water partition coefficient (Wildman–Crippen LogP) is 3.10. The Labute approximate surface area is 188 Å². The van der Waals surface area contributed by atoms with Crippen LogP contribution in [0.3, 0.4) is 0 Å². The van der Waals surface area contributed by atoms with Crippen LogP contribution in [0.15, 0.2) is 60.8 Å². The van der Waals surface area contributed by atoms with Crippen molar-refractivity contribution >= 4 is 11.8 Å². The van der Waals surface area contributed by atoms with Crippen molar-refractivity contribution in [2.24, 2.45) is 0 Å². The summed E-state index contributed by atoms with van der Waals surface area (Å²) in [6.07, 6.45) is 2.41. The molecule has 0 bridgehead atoms. The number of hydrogen-bond acceptors (Lipinski definition) is 4. The van der Waals surface area contributed by atoms with E-state index in [2.05, 4.69) is 17.2 Å². The minimum Gasteiger partial charge on any atom is -0.497 e. The van der Waals surface area contributed by atoms with Crippen molar-refractivity contribution in [2.45, 2.75) is 19.9 Å². The highest BCUT2D eigenvalue weighted by atomic mass is 16.5. The number of carbonyl (C=O) groups excluding carboxylic acids is 2. The highest BCUT2D eigenvalue weighted by molar-refractivity contribution is 5.96. The molecule has 7 nitrogen and oxygen atoms in total. The van der Waals surface area contributed by atoms with Crippen molar-refractivity contribution in [3.63, 3.8) is 0 Å². The zero-order valence-corrected chi connectivity index (χ0v) is 18.5. The van der Waals surface area contributed by atoms with Crippen LogP contribution in [-0.4, -0.2) is 64.7 Å². The molecule has 7 heteroatoms. The maximum atomic E-state index is 13.2. The monoisotopic (exact) mass is 432 g/mol. The van der Waals surface area contributed by atoms with Crippen LogP contribution in [0.1, 0.15) is 38.9 Å². The summed E-state index contributed by atoms with van der Waals surface area (Å²) in [6, 6.07) is 17.2. The lowest BCUT2D eigenvalue weighted by molar-refractivity contribution is 0.0534. The number of benzene rings is 2. The van der Waals surface area contributed by atoms with Crippen molar-refractivity contribution in [2.75, 3.05) is 33.3 Å². The Balaban J connectivity index is 1.40. The Hall–Kier alpha value is -3.61. The van der Waals surface area contributed by atoms with E-state index in [4.69, 9.17) is 4.74 Å². The topological polar surface area (TPSA) is 67.7 Å². The fourth-order valence-corrected chi connectivity index (χ4v) is 4.05. The first-order chi connectivity index (χ1) is 15.6. The van der Waals surface area contributed by atoms with Gasteiger partial charge in [-0.1, -0.05) is 37.3 Å². The quantitative estimate of drug-likeness (QED) is 0.600. The minimum absolute atomic E-state index is 0.0160. The van der Waals surface area contributed by atoms with E-state index >= 15 is 0 Å². The lowest BCUT2D eigenvalue weighted by atomic mass is 10.1. The Bertz CT molecular complexity index is 1070. The molecule has 0 saturated carbocycles. The first kappa shape index (κ1) is 21.6. The zero-order chi connectivity index (χ0) is 22.5. The van der Waals surface area contributed by atoms with E-state index in [-0.39, 0.29) is 11.8 Å². The number of hydrogen-bond donors (Lipinski definition) is 0. The molecular weight excluding hydrogens is 404 g/mol. The van der Waals surface area contributed by atoms with Gasteiger partial charge < -0.3 is 14.5 Å². The molecular formula is C25H28N4O3. The van der Waals surface area contributed by atoms with Crippen molar-refractivity contribution in [1.82, 2.24) is 19.6 Å². The zero-order valence-electron chi connectivity index (χ0n) is 18.5. The van der Waals surface area contributed by atoms with Crippen LogP contribution in [0.2, 0.25) is 0 Å². The molecule has 1 aromatic heterocycles. The Morgan fingerprint density at radius 1 is 0.906 bits per heavy atom. The van der Waals surface area contributed by atoms with Gasteiger partial charge >= 0.3 is 0 Å². The molecule has 1 aliphatic heterocycles. The highest BCUT2D eigenvalue weighted by Gasteiger charge is 2.28. The Morgan fingerprint density at radius 2 is 1.53 bits per heavy atom. The molecule has 0 unspecified atom stereocenters. The lowest BCUT2D eigenvalue weighted by Gasteiger charge is -2.34. The van der Waals surface area contributed by atoms with Gasteiger partial charge in [0.1, 0.15) is 5.75 Å². The second kappa shape index (κ2) is 9.68. The normalized spacial score (nSPS) is 13.8. The molecule has 2 heterocycles. The van der Waals surface area contributed by atoms with Crippen LogP contribution in [0.5, 0.6) is 5.75 Å². The summed E-state index contributed by atoms with van der Waals surface area (Å²) in [5.74, 6) is 0.680. The molecule has 3 aromatic rings. The van der Waals surface area contributed by atoms with Crippen LogP contribution < -0.4 is 4.74 Å². The Kier molecular flexibility index (Phi) is 6.54. The molecule has 32 heavy (non-hydrogen) atoms. The number of piperazine rings is 1. The van der Waals surface area contributed by atoms with Gasteiger partial charge in [-0.05, 0) is 36.2 Å². The van der Waals surface area contributed by atoms with Crippen molar-refractivity contribution < 1.29 is 14.3 Å². The maximum Gasteiger partial charge on any atom is 0.257 e. The molecule has 2 aromatic carbocycles. The summed E-state index contributed by atoms with van der Waals surface area (Å²) in [4.78, 5) is 29.6. The van der Waals surface area contributed by atoms with E-state index < -0.39 is 0 Å². The van der Waals surface area contributed by atoms with E-state index in [1.165, 1.54) is 0 Å². The van der Waals surface area contributed by atoms with Gasteiger partial charge in [-0.25, -0.2) is 0 Å². The average Bonchev–Trinajstić information content (AvgIpc) is 3.26. The van der Waals surface area contributed by atoms with Gasteiger partial charge in [-0.15, -0.1) is 0 Å². The minimum atomic E-state index is -0.0234. The Morgan fingerprint density at radius 3 is 2.12 bits per heavy atom. The first-order valence-electron chi connectivity index (χ1n) is 10.9. The average molecular weight is 433 g/mol. The summed E-state index contributed by atoms with van der Waals surface area (Å²) in [5.41, 5.74) is 3.37. The number of carbonyl (C=O) groups is 2. The highest BCUT2D eigenvalue weighted by Crippen LogP contribution is 2.18. The van der Waals surface area contributed by atoms with E-state index in [1.54, 1.807) is 42.5 Å². The number of nitrogens with zero attached hydrogens (tertiary/aromatic N) is 4. The molecule has 166 valence electrons. The fourth-order valence-electron chi connectivity index (χ4n) is 4.05.